The normalized spacial score (nSPS) is 14.3. The van der Waals surface area contributed by atoms with E-state index < -0.39 is 12.7 Å². The maximum Gasteiger partial charge on any atom is 0.345 e. The lowest BCUT2D eigenvalue weighted by Crippen LogP contribution is -2.16. The third-order valence-corrected chi connectivity index (χ3v) is 0.908. The molecule has 0 saturated carbocycles. The third-order valence-electron chi connectivity index (χ3n) is 0.908. The second-order valence-electron chi connectivity index (χ2n) is 1.78. The molecule has 4 heteroatoms. The lowest BCUT2D eigenvalue weighted by molar-refractivity contribution is -0.158. The van der Waals surface area contributed by atoms with Gasteiger partial charge in [-0.2, -0.15) is 8.78 Å². The van der Waals surface area contributed by atoms with E-state index in [1.165, 1.54) is 0 Å². The smallest absolute Gasteiger partial charge is 0.330 e. The Kier molecular flexibility index (Phi) is 4.53. The third kappa shape index (κ3) is 5.65. The van der Waals surface area contributed by atoms with Gasteiger partial charge in [0.15, 0.2) is 0 Å². The van der Waals surface area contributed by atoms with Gasteiger partial charge in [-0.1, -0.05) is 0 Å². The molecule has 0 rings (SSSR count). The van der Waals surface area contributed by atoms with Crippen LogP contribution in [0.5, 0.6) is 0 Å². The monoisotopic (exact) mass is 139 g/mol. The van der Waals surface area contributed by atoms with Crippen LogP contribution < -0.4 is 5.73 Å². The summed E-state index contributed by atoms with van der Waals surface area (Å²) in [5.41, 5.74) is 5.08. The molecule has 0 fully saturated rings. The quantitative estimate of drug-likeness (QED) is 0.629. The van der Waals surface area contributed by atoms with Gasteiger partial charge in [-0.25, -0.2) is 0 Å². The summed E-state index contributed by atoms with van der Waals surface area (Å²) < 4.78 is 26.8. The van der Waals surface area contributed by atoms with E-state index in [0.29, 0.717) is 13.0 Å². The molecule has 1 unspecified atom stereocenters. The topological polar surface area (TPSA) is 35.2 Å². The Morgan fingerprint density at radius 3 is 2.44 bits per heavy atom. The van der Waals surface area contributed by atoms with Gasteiger partial charge in [-0.05, 0) is 19.9 Å². The lowest BCUT2D eigenvalue weighted by atomic mass is 10.3. The van der Waals surface area contributed by atoms with Gasteiger partial charge in [-0.3, -0.25) is 0 Å². The van der Waals surface area contributed by atoms with Crippen LogP contribution in [-0.4, -0.2) is 19.3 Å². The number of nitrogens with two attached hydrogens (primary N) is 1. The Balaban J connectivity index is 3.15. The number of halogens is 2. The fourth-order valence-corrected chi connectivity index (χ4v) is 0.478. The SMILES string of the molecule is CC(CCN)OC(F)F. The van der Waals surface area contributed by atoms with Crippen LogP contribution in [0.4, 0.5) is 8.78 Å². The Labute approximate surface area is 53.0 Å². The molecular formula is C5H11F2NO. The molecule has 0 amide bonds. The molecule has 2 N–H and O–H groups in total. The standard InChI is InChI=1S/C5H11F2NO/c1-4(2-3-8)9-5(6)7/h4-5H,2-3,8H2,1H3. The Morgan fingerprint density at radius 1 is 1.56 bits per heavy atom. The van der Waals surface area contributed by atoms with Crippen molar-refractivity contribution in [2.75, 3.05) is 6.54 Å². The highest BCUT2D eigenvalue weighted by molar-refractivity contribution is 4.48. The molecule has 2 nitrogen and oxygen atoms in total. The molecule has 0 aliphatic carbocycles. The Morgan fingerprint density at radius 2 is 2.11 bits per heavy atom. The van der Waals surface area contributed by atoms with Crippen LogP contribution >= 0.6 is 0 Å². The first kappa shape index (κ1) is 8.78. The fraction of sp³-hybridized carbons (Fsp3) is 1.00. The van der Waals surface area contributed by atoms with Gasteiger partial charge in [0.2, 0.25) is 0 Å². The van der Waals surface area contributed by atoms with Crippen molar-refractivity contribution < 1.29 is 13.5 Å². The predicted octanol–water partition coefficient (Wildman–Crippen LogP) is 0.963. The molecule has 0 heterocycles. The first-order valence-electron chi connectivity index (χ1n) is 2.80. The molecule has 0 aromatic heterocycles. The Hall–Kier alpha value is -0.220. The van der Waals surface area contributed by atoms with Crippen LogP contribution in [0.15, 0.2) is 0 Å². The summed E-state index contributed by atoms with van der Waals surface area (Å²) in [7, 11) is 0. The van der Waals surface area contributed by atoms with Crippen molar-refractivity contribution in [3.8, 4) is 0 Å². The summed E-state index contributed by atoms with van der Waals surface area (Å²) in [4.78, 5) is 0. The van der Waals surface area contributed by atoms with Crippen molar-refractivity contribution in [1.29, 1.82) is 0 Å². The minimum atomic E-state index is -2.67. The van der Waals surface area contributed by atoms with Crippen molar-refractivity contribution in [3.63, 3.8) is 0 Å². The molecule has 56 valence electrons. The number of alkyl halides is 2. The molecule has 0 bridgehead atoms. The molecule has 0 spiro atoms. The first-order valence-corrected chi connectivity index (χ1v) is 2.80. The Bertz CT molecular complexity index is 70.0. The molecule has 9 heavy (non-hydrogen) atoms. The van der Waals surface area contributed by atoms with E-state index >= 15 is 0 Å². The summed E-state index contributed by atoms with van der Waals surface area (Å²) in [6.07, 6.45) is 0.0413. The number of hydrogen-bond acceptors (Lipinski definition) is 2. The number of rotatable bonds is 4. The lowest BCUT2D eigenvalue weighted by Gasteiger charge is -2.09. The molecular weight excluding hydrogens is 128 g/mol. The average molecular weight is 139 g/mol. The zero-order valence-corrected chi connectivity index (χ0v) is 5.31. The van der Waals surface area contributed by atoms with E-state index in [0.717, 1.165) is 0 Å². The van der Waals surface area contributed by atoms with Gasteiger partial charge in [0, 0.05) is 0 Å². The summed E-state index contributed by atoms with van der Waals surface area (Å²) >= 11 is 0. The number of ether oxygens (including phenoxy) is 1. The van der Waals surface area contributed by atoms with Crippen LogP contribution in [-0.2, 0) is 4.74 Å². The molecule has 0 aliphatic rings. The second-order valence-corrected chi connectivity index (χ2v) is 1.78. The van der Waals surface area contributed by atoms with Gasteiger partial charge in [0.05, 0.1) is 6.10 Å². The second kappa shape index (κ2) is 4.64. The van der Waals surface area contributed by atoms with Crippen molar-refractivity contribution in [3.05, 3.63) is 0 Å². The van der Waals surface area contributed by atoms with Gasteiger partial charge in [-0.15, -0.1) is 0 Å². The van der Waals surface area contributed by atoms with E-state index in [1.54, 1.807) is 6.92 Å². The largest absolute Gasteiger partial charge is 0.345 e. The van der Waals surface area contributed by atoms with E-state index in [2.05, 4.69) is 4.74 Å². The molecule has 1 atom stereocenters. The van der Waals surface area contributed by atoms with Crippen molar-refractivity contribution in [1.82, 2.24) is 0 Å². The molecule has 0 aromatic carbocycles. The maximum atomic E-state index is 11.3. The van der Waals surface area contributed by atoms with E-state index in [1.807, 2.05) is 0 Å². The van der Waals surface area contributed by atoms with Crippen LogP contribution in [0, 0.1) is 0 Å². The predicted molar refractivity (Wildman–Crippen MR) is 30.2 cm³/mol. The van der Waals surface area contributed by atoms with Gasteiger partial charge in [0.1, 0.15) is 0 Å². The van der Waals surface area contributed by atoms with Crippen LogP contribution in [0.25, 0.3) is 0 Å². The van der Waals surface area contributed by atoms with E-state index in [-0.39, 0.29) is 0 Å². The zero-order valence-electron chi connectivity index (χ0n) is 5.31. The molecule has 0 aromatic rings. The van der Waals surface area contributed by atoms with Gasteiger partial charge >= 0.3 is 6.61 Å². The highest BCUT2D eigenvalue weighted by Gasteiger charge is 2.07. The highest BCUT2D eigenvalue weighted by atomic mass is 19.3. The van der Waals surface area contributed by atoms with Crippen molar-refractivity contribution in [2.24, 2.45) is 5.73 Å². The van der Waals surface area contributed by atoms with Crippen LogP contribution in [0.3, 0.4) is 0 Å². The van der Waals surface area contributed by atoms with Crippen molar-refractivity contribution >= 4 is 0 Å². The van der Waals surface area contributed by atoms with Crippen LogP contribution in [0.2, 0.25) is 0 Å². The summed E-state index contributed by atoms with van der Waals surface area (Å²) in [6.45, 7) is -0.723. The first-order chi connectivity index (χ1) is 4.16. The van der Waals surface area contributed by atoms with E-state index in [4.69, 9.17) is 5.73 Å². The van der Waals surface area contributed by atoms with E-state index in [9.17, 15) is 8.78 Å². The zero-order chi connectivity index (χ0) is 7.28. The summed E-state index contributed by atoms with van der Waals surface area (Å²) in [6, 6.07) is 0. The summed E-state index contributed by atoms with van der Waals surface area (Å²) in [5, 5.41) is 0. The highest BCUT2D eigenvalue weighted by Crippen LogP contribution is 2.02. The van der Waals surface area contributed by atoms with Gasteiger partial charge < -0.3 is 10.5 Å². The summed E-state index contributed by atoms with van der Waals surface area (Å²) in [5.74, 6) is 0. The minimum Gasteiger partial charge on any atom is -0.330 e. The molecule has 0 saturated heterocycles. The van der Waals surface area contributed by atoms with Gasteiger partial charge in [0.25, 0.3) is 0 Å². The van der Waals surface area contributed by atoms with Crippen LogP contribution in [0.1, 0.15) is 13.3 Å². The molecule has 0 aliphatic heterocycles. The average Bonchev–Trinajstić information content (AvgIpc) is 1.63. The molecule has 0 radical (unpaired) electrons. The van der Waals surface area contributed by atoms with Crippen molar-refractivity contribution in [2.45, 2.75) is 26.1 Å². The minimum absolute atomic E-state index is 0.383. The maximum absolute atomic E-state index is 11.3. The number of hydrogen-bond donors (Lipinski definition) is 1. The fourth-order valence-electron chi connectivity index (χ4n) is 0.478.